The minimum Gasteiger partial charge on any atom is -0.465 e. The molecule has 0 bridgehead atoms. The second-order valence-corrected chi connectivity index (χ2v) is 13.5. The molecule has 3 atom stereocenters. The molecule has 5 aromatic rings. The molecule has 0 saturated heterocycles. The molecule has 0 aliphatic carbocycles. The average molecular weight is 662 g/mol. The van der Waals surface area contributed by atoms with Gasteiger partial charge in [0.15, 0.2) is 5.82 Å². The average Bonchev–Trinajstić information content (AvgIpc) is 3.44. The number of aromatic nitrogens is 3. The Balaban J connectivity index is 1.55. The zero-order valence-electron chi connectivity index (χ0n) is 27.6. The van der Waals surface area contributed by atoms with E-state index in [9.17, 15) is 9.36 Å². The lowest BCUT2D eigenvalue weighted by Crippen LogP contribution is -2.36. The van der Waals surface area contributed by atoms with Gasteiger partial charge in [-0.3, -0.25) is 9.32 Å². The van der Waals surface area contributed by atoms with Crippen LogP contribution in [0.5, 0.6) is 5.75 Å². The van der Waals surface area contributed by atoms with Crippen molar-refractivity contribution >= 4 is 52.2 Å². The highest BCUT2D eigenvalue weighted by atomic mass is 31.2. The molecule has 47 heavy (non-hydrogen) atoms. The molecule has 0 radical (unpaired) electrons. The summed E-state index contributed by atoms with van der Waals surface area (Å²) >= 11 is 0. The van der Waals surface area contributed by atoms with Crippen LogP contribution in [0, 0.1) is 5.92 Å². The molecule has 0 unspecified atom stereocenters. The molecule has 0 spiro atoms. The van der Waals surface area contributed by atoms with Crippen molar-refractivity contribution in [3.63, 3.8) is 0 Å². The predicted octanol–water partition coefficient (Wildman–Crippen LogP) is 7.58. The van der Waals surface area contributed by atoms with Crippen LogP contribution < -0.4 is 15.3 Å². The Hall–Kier alpha value is -4.02. The van der Waals surface area contributed by atoms with Crippen molar-refractivity contribution in [1.82, 2.24) is 19.6 Å². The smallest absolute Gasteiger partial charge is 0.459 e. The van der Waals surface area contributed by atoms with Gasteiger partial charge in [0, 0.05) is 17.4 Å². The molecule has 0 aliphatic heterocycles. The molecular formula is C35H44N5O6P. The summed E-state index contributed by atoms with van der Waals surface area (Å²) < 4.78 is 40.5. The second kappa shape index (κ2) is 15.3. The van der Waals surface area contributed by atoms with E-state index in [1.807, 2.05) is 74.5 Å². The molecule has 2 aromatic heterocycles. The van der Waals surface area contributed by atoms with Gasteiger partial charge in [0.25, 0.3) is 0 Å². The lowest BCUT2D eigenvalue weighted by atomic mass is 10.0. The summed E-state index contributed by atoms with van der Waals surface area (Å²) in [6, 6.07) is 19.5. The van der Waals surface area contributed by atoms with Crippen LogP contribution in [0.3, 0.4) is 0 Å². The molecule has 11 nitrogen and oxygen atoms in total. The number of imidazole rings is 1. The minimum absolute atomic E-state index is 0.0247. The van der Waals surface area contributed by atoms with E-state index in [1.165, 1.54) is 0 Å². The molecular weight excluding hydrogens is 617 g/mol. The van der Waals surface area contributed by atoms with E-state index in [0.29, 0.717) is 29.5 Å². The van der Waals surface area contributed by atoms with Gasteiger partial charge in [-0.05, 0) is 43.7 Å². The van der Waals surface area contributed by atoms with E-state index in [1.54, 1.807) is 13.0 Å². The van der Waals surface area contributed by atoms with Crippen LogP contribution in [0.25, 0.3) is 32.7 Å². The first-order valence-electron chi connectivity index (χ1n) is 16.1. The van der Waals surface area contributed by atoms with Gasteiger partial charge in [-0.2, -0.15) is 5.09 Å². The van der Waals surface area contributed by atoms with Crippen LogP contribution in [0.4, 0.5) is 5.82 Å². The Kier molecular flexibility index (Phi) is 11.1. The standard InChI is InChI=1S/C35H44N5O6P/c1-6-8-20-44-35(41)24(5)39-47(42,46-30-19-13-15-25-14-9-10-16-26(25)30)45-21-29(23(3)4)40-31(22-43-7-2)38-32-33(40)27-17-11-12-18-28(27)37-34(32)36/h9-19,23-24,29H,6-8,20-22H2,1-5H3,(H2,36,37)(H,39,42)/t24-,29-,47-/m0/s1. The monoisotopic (exact) mass is 661 g/mol. The predicted molar refractivity (Wildman–Crippen MR) is 185 cm³/mol. The number of nitrogens with one attached hydrogen (secondary N) is 1. The number of nitrogen functional groups attached to an aromatic ring is 1. The fraction of sp³-hybridized carbons (Fsp3) is 0.400. The van der Waals surface area contributed by atoms with Gasteiger partial charge in [-0.1, -0.05) is 81.8 Å². The van der Waals surface area contributed by atoms with Crippen molar-refractivity contribution in [2.75, 3.05) is 25.6 Å². The number of carbonyl (C=O) groups excluding carboxylic acids is 1. The number of pyridine rings is 1. The normalized spacial score (nSPS) is 14.4. The zero-order chi connectivity index (χ0) is 33.6. The lowest BCUT2D eigenvalue weighted by molar-refractivity contribution is -0.145. The SMILES string of the molecule is CCCCOC(=O)[C@H](C)N[P@](=O)(OC[C@@H](C(C)C)n1c(COCC)nc2c(N)nc3ccccc3c21)Oc1cccc2ccccc12. The quantitative estimate of drug-likeness (QED) is 0.0618. The highest BCUT2D eigenvalue weighted by Crippen LogP contribution is 2.48. The number of esters is 1. The maximum atomic E-state index is 14.7. The third-order valence-corrected chi connectivity index (χ3v) is 9.62. The second-order valence-electron chi connectivity index (χ2n) is 11.8. The number of para-hydroxylation sites is 1. The Morgan fingerprint density at radius 3 is 2.45 bits per heavy atom. The van der Waals surface area contributed by atoms with Gasteiger partial charge < -0.3 is 24.3 Å². The molecule has 2 heterocycles. The highest BCUT2D eigenvalue weighted by molar-refractivity contribution is 7.52. The molecule has 3 aromatic carbocycles. The number of anilines is 1. The Labute approximate surface area is 275 Å². The van der Waals surface area contributed by atoms with Gasteiger partial charge in [0.05, 0.1) is 30.3 Å². The van der Waals surface area contributed by atoms with Crippen molar-refractivity contribution in [2.24, 2.45) is 5.92 Å². The Morgan fingerprint density at radius 2 is 1.70 bits per heavy atom. The molecule has 0 aliphatic rings. The largest absolute Gasteiger partial charge is 0.465 e. The maximum absolute atomic E-state index is 14.7. The maximum Gasteiger partial charge on any atom is 0.459 e. The van der Waals surface area contributed by atoms with E-state index in [2.05, 4.69) is 28.5 Å². The van der Waals surface area contributed by atoms with Crippen LogP contribution >= 0.6 is 7.75 Å². The number of nitrogens with zero attached hydrogens (tertiary/aromatic N) is 3. The van der Waals surface area contributed by atoms with Crippen molar-refractivity contribution in [3.8, 4) is 5.75 Å². The molecule has 12 heteroatoms. The first-order chi connectivity index (χ1) is 22.7. The molecule has 0 saturated carbocycles. The summed E-state index contributed by atoms with van der Waals surface area (Å²) in [6.07, 6.45) is 1.61. The van der Waals surface area contributed by atoms with E-state index >= 15 is 0 Å². The third kappa shape index (κ3) is 7.76. The number of benzene rings is 3. The summed E-state index contributed by atoms with van der Waals surface area (Å²) in [5, 5.41) is 5.39. The van der Waals surface area contributed by atoms with E-state index in [4.69, 9.17) is 29.2 Å². The third-order valence-electron chi connectivity index (χ3n) is 7.99. The first kappa shape index (κ1) is 34.3. The minimum atomic E-state index is -4.20. The van der Waals surface area contributed by atoms with Crippen molar-refractivity contribution in [3.05, 3.63) is 72.6 Å². The first-order valence-corrected chi connectivity index (χ1v) is 17.7. The fourth-order valence-electron chi connectivity index (χ4n) is 5.49. The van der Waals surface area contributed by atoms with Gasteiger partial charge in [-0.25, -0.2) is 14.5 Å². The molecule has 0 fully saturated rings. The Morgan fingerprint density at radius 1 is 0.979 bits per heavy atom. The number of fused-ring (bicyclic) bond motifs is 4. The van der Waals surface area contributed by atoms with Crippen LogP contribution in [0.2, 0.25) is 0 Å². The molecule has 3 N–H and O–H groups in total. The number of carbonyl (C=O) groups is 1. The van der Waals surface area contributed by atoms with Gasteiger partial charge in [0.2, 0.25) is 0 Å². The van der Waals surface area contributed by atoms with Gasteiger partial charge in [-0.15, -0.1) is 0 Å². The summed E-state index contributed by atoms with van der Waals surface area (Å²) in [5.41, 5.74) is 8.51. The van der Waals surface area contributed by atoms with Crippen LogP contribution in [-0.4, -0.2) is 46.4 Å². The number of hydrogen-bond acceptors (Lipinski definition) is 9. The van der Waals surface area contributed by atoms with Gasteiger partial charge in [0.1, 0.15) is 29.7 Å². The fourth-order valence-corrected chi connectivity index (χ4v) is 7.01. The van der Waals surface area contributed by atoms with Crippen LogP contribution in [0.1, 0.15) is 59.3 Å². The summed E-state index contributed by atoms with van der Waals surface area (Å²) in [5.74, 6) is 0.739. The number of hydrogen-bond donors (Lipinski definition) is 2. The number of rotatable bonds is 16. The van der Waals surface area contributed by atoms with Crippen molar-refractivity contribution in [1.29, 1.82) is 0 Å². The topological polar surface area (TPSA) is 140 Å². The Bertz CT molecular complexity index is 1890. The van der Waals surface area contributed by atoms with Gasteiger partial charge >= 0.3 is 13.7 Å². The van der Waals surface area contributed by atoms with Crippen LogP contribution in [0.15, 0.2) is 66.7 Å². The van der Waals surface area contributed by atoms with Crippen molar-refractivity contribution in [2.45, 2.75) is 66.2 Å². The summed E-state index contributed by atoms with van der Waals surface area (Å²) in [4.78, 5) is 22.3. The lowest BCUT2D eigenvalue weighted by Gasteiger charge is -2.29. The molecule has 0 amide bonds. The van der Waals surface area contributed by atoms with E-state index < -0.39 is 25.8 Å². The highest BCUT2D eigenvalue weighted by Gasteiger charge is 2.35. The van der Waals surface area contributed by atoms with E-state index in [-0.39, 0.29) is 25.7 Å². The molecule has 250 valence electrons. The number of nitrogens with two attached hydrogens (primary N) is 1. The number of unbranched alkanes of at least 4 members (excludes halogenated alkanes) is 1. The van der Waals surface area contributed by atoms with E-state index in [0.717, 1.165) is 40.0 Å². The molecule has 5 rings (SSSR count). The zero-order valence-corrected chi connectivity index (χ0v) is 28.5. The number of ether oxygens (including phenoxy) is 2. The van der Waals surface area contributed by atoms with Crippen molar-refractivity contribution < 1.29 is 27.9 Å². The summed E-state index contributed by atoms with van der Waals surface area (Å²) in [7, 11) is -4.20. The van der Waals surface area contributed by atoms with Crippen LogP contribution in [-0.2, 0) is 30.0 Å². The summed E-state index contributed by atoms with van der Waals surface area (Å²) in [6.45, 7) is 10.6.